The summed E-state index contributed by atoms with van der Waals surface area (Å²) in [5.74, 6) is 0.216. The second kappa shape index (κ2) is 8.35. The minimum atomic E-state index is -2.87. The van der Waals surface area contributed by atoms with Crippen LogP contribution in [-0.4, -0.2) is 26.2 Å². The van der Waals surface area contributed by atoms with Crippen molar-refractivity contribution in [2.45, 2.75) is 6.61 Å². The van der Waals surface area contributed by atoms with Crippen molar-refractivity contribution in [1.29, 1.82) is 0 Å². The van der Waals surface area contributed by atoms with Gasteiger partial charge < -0.3 is 20.1 Å². The molecule has 0 radical (unpaired) electrons. The molecular weight excluding hydrogens is 342 g/mol. The second-order valence-electron chi connectivity index (χ2n) is 4.65. The van der Waals surface area contributed by atoms with E-state index in [9.17, 15) is 13.6 Å². The van der Waals surface area contributed by atoms with Crippen LogP contribution in [0.4, 0.5) is 20.2 Å². The molecular formula is C16H15ClF2N2O3. The number of halogens is 3. The molecule has 0 atom stereocenters. The Hall–Kier alpha value is -2.54. The van der Waals surface area contributed by atoms with Gasteiger partial charge in [0.05, 0.1) is 19.3 Å². The van der Waals surface area contributed by atoms with Gasteiger partial charge in [-0.25, -0.2) is 0 Å². The number of amides is 1. The summed E-state index contributed by atoms with van der Waals surface area (Å²) in [5.41, 5.74) is 1.04. The maximum atomic E-state index is 12.1. The van der Waals surface area contributed by atoms with Crippen LogP contribution in [0.1, 0.15) is 0 Å². The third-order valence-corrected chi connectivity index (χ3v) is 3.20. The van der Waals surface area contributed by atoms with Crippen LogP contribution in [0.25, 0.3) is 0 Å². The molecule has 0 saturated carbocycles. The molecule has 128 valence electrons. The monoisotopic (exact) mass is 356 g/mol. The predicted molar refractivity (Wildman–Crippen MR) is 88.2 cm³/mol. The van der Waals surface area contributed by atoms with E-state index in [-0.39, 0.29) is 18.2 Å². The minimum absolute atomic E-state index is 0.0231. The van der Waals surface area contributed by atoms with E-state index >= 15 is 0 Å². The van der Waals surface area contributed by atoms with E-state index in [2.05, 4.69) is 15.4 Å². The summed E-state index contributed by atoms with van der Waals surface area (Å²) in [6, 6.07) is 10.7. The Morgan fingerprint density at radius 1 is 1.21 bits per heavy atom. The van der Waals surface area contributed by atoms with Crippen LogP contribution in [0.2, 0.25) is 5.02 Å². The first-order valence-corrected chi connectivity index (χ1v) is 7.28. The van der Waals surface area contributed by atoms with E-state index in [1.807, 2.05) is 0 Å². The summed E-state index contributed by atoms with van der Waals surface area (Å²) in [6.07, 6.45) is 0. The number of hydrogen-bond acceptors (Lipinski definition) is 4. The van der Waals surface area contributed by atoms with Crippen LogP contribution in [0.5, 0.6) is 11.5 Å². The van der Waals surface area contributed by atoms with Gasteiger partial charge in [-0.15, -0.1) is 0 Å². The van der Waals surface area contributed by atoms with E-state index in [0.717, 1.165) is 0 Å². The van der Waals surface area contributed by atoms with Gasteiger partial charge in [0.1, 0.15) is 11.5 Å². The van der Waals surface area contributed by atoms with Crippen molar-refractivity contribution in [2.75, 3.05) is 24.3 Å². The Morgan fingerprint density at radius 2 is 1.92 bits per heavy atom. The van der Waals surface area contributed by atoms with Gasteiger partial charge >= 0.3 is 6.61 Å². The fraction of sp³-hybridized carbons (Fsp3) is 0.188. The molecule has 0 fully saturated rings. The van der Waals surface area contributed by atoms with Crippen LogP contribution < -0.4 is 20.1 Å². The third-order valence-electron chi connectivity index (χ3n) is 2.97. The fourth-order valence-electron chi connectivity index (χ4n) is 1.91. The standard InChI is InChI=1S/C16H15ClF2N2O3/c1-23-14-7-2-10(17)8-13(14)21-15(22)9-20-11-3-5-12(6-4-11)24-16(18)19/h2-8,16,20H,9H2,1H3,(H,21,22). The highest BCUT2D eigenvalue weighted by Gasteiger charge is 2.09. The third kappa shape index (κ3) is 5.27. The summed E-state index contributed by atoms with van der Waals surface area (Å²) in [5, 5.41) is 6.01. The lowest BCUT2D eigenvalue weighted by Gasteiger charge is -2.12. The molecule has 24 heavy (non-hydrogen) atoms. The lowest BCUT2D eigenvalue weighted by atomic mass is 10.3. The van der Waals surface area contributed by atoms with Crippen molar-refractivity contribution in [2.24, 2.45) is 0 Å². The Morgan fingerprint density at radius 3 is 2.54 bits per heavy atom. The molecule has 0 aliphatic rings. The van der Waals surface area contributed by atoms with Crippen LogP contribution in [-0.2, 0) is 4.79 Å². The number of carbonyl (C=O) groups is 1. The molecule has 0 aliphatic carbocycles. The van der Waals surface area contributed by atoms with Crippen LogP contribution in [0.15, 0.2) is 42.5 Å². The van der Waals surface area contributed by atoms with Gasteiger partial charge in [-0.3, -0.25) is 4.79 Å². The molecule has 0 aliphatic heterocycles. The van der Waals surface area contributed by atoms with Crippen molar-refractivity contribution >= 4 is 28.9 Å². The zero-order valence-corrected chi connectivity index (χ0v) is 13.4. The summed E-state index contributed by atoms with van der Waals surface area (Å²) < 4.78 is 33.5. The van der Waals surface area contributed by atoms with Gasteiger partial charge in [0.2, 0.25) is 5.91 Å². The summed E-state index contributed by atoms with van der Waals surface area (Å²) in [7, 11) is 1.49. The largest absolute Gasteiger partial charge is 0.495 e. The SMILES string of the molecule is COc1ccc(Cl)cc1NC(=O)CNc1ccc(OC(F)F)cc1. The first kappa shape index (κ1) is 17.8. The Balaban J connectivity index is 1.90. The fourth-order valence-corrected chi connectivity index (χ4v) is 2.08. The van der Waals surface area contributed by atoms with Gasteiger partial charge in [0.15, 0.2) is 0 Å². The zero-order chi connectivity index (χ0) is 17.5. The molecule has 0 spiro atoms. The van der Waals surface area contributed by atoms with Crippen molar-refractivity contribution in [3.05, 3.63) is 47.5 Å². The number of alkyl halides is 2. The van der Waals surface area contributed by atoms with Crippen LogP contribution in [0, 0.1) is 0 Å². The second-order valence-corrected chi connectivity index (χ2v) is 5.09. The molecule has 0 aromatic heterocycles. The Kier molecular flexibility index (Phi) is 6.20. The first-order chi connectivity index (χ1) is 11.5. The van der Waals surface area contributed by atoms with Crippen LogP contribution >= 0.6 is 11.6 Å². The number of ether oxygens (including phenoxy) is 2. The van der Waals surface area contributed by atoms with Gasteiger partial charge in [-0.1, -0.05) is 11.6 Å². The molecule has 0 heterocycles. The van der Waals surface area contributed by atoms with Gasteiger partial charge in [-0.05, 0) is 42.5 Å². The summed E-state index contributed by atoms with van der Waals surface area (Å²) >= 11 is 5.89. The number of hydrogen-bond donors (Lipinski definition) is 2. The average Bonchev–Trinajstić information content (AvgIpc) is 2.54. The molecule has 0 saturated heterocycles. The molecule has 0 bridgehead atoms. The van der Waals surface area contributed by atoms with E-state index in [0.29, 0.717) is 22.1 Å². The summed E-state index contributed by atoms with van der Waals surface area (Å²) in [6.45, 7) is -2.90. The van der Waals surface area contributed by atoms with Crippen molar-refractivity contribution in [3.8, 4) is 11.5 Å². The van der Waals surface area contributed by atoms with Crippen molar-refractivity contribution in [3.63, 3.8) is 0 Å². The number of benzene rings is 2. The smallest absolute Gasteiger partial charge is 0.387 e. The number of carbonyl (C=O) groups excluding carboxylic acids is 1. The molecule has 2 rings (SSSR count). The lowest BCUT2D eigenvalue weighted by molar-refractivity contribution is -0.114. The molecule has 2 aromatic rings. The number of nitrogens with one attached hydrogen (secondary N) is 2. The highest BCUT2D eigenvalue weighted by atomic mass is 35.5. The number of methoxy groups -OCH3 is 1. The van der Waals surface area contributed by atoms with Gasteiger partial charge in [-0.2, -0.15) is 8.78 Å². The Labute approximate surface area is 142 Å². The minimum Gasteiger partial charge on any atom is -0.495 e. The van der Waals surface area contributed by atoms with E-state index in [1.54, 1.807) is 18.2 Å². The molecule has 2 aromatic carbocycles. The molecule has 0 unspecified atom stereocenters. The molecule has 1 amide bonds. The van der Waals surface area contributed by atoms with Crippen molar-refractivity contribution in [1.82, 2.24) is 0 Å². The zero-order valence-electron chi connectivity index (χ0n) is 12.7. The number of anilines is 2. The number of rotatable bonds is 7. The molecule has 8 heteroatoms. The maximum Gasteiger partial charge on any atom is 0.387 e. The molecule has 2 N–H and O–H groups in total. The highest BCUT2D eigenvalue weighted by Crippen LogP contribution is 2.27. The topological polar surface area (TPSA) is 59.6 Å². The maximum absolute atomic E-state index is 12.1. The summed E-state index contributed by atoms with van der Waals surface area (Å²) in [4.78, 5) is 12.0. The predicted octanol–water partition coefficient (Wildman–Crippen LogP) is 4.00. The van der Waals surface area contributed by atoms with E-state index < -0.39 is 6.61 Å². The quantitative estimate of drug-likeness (QED) is 0.787. The van der Waals surface area contributed by atoms with E-state index in [4.69, 9.17) is 16.3 Å². The van der Waals surface area contributed by atoms with Crippen molar-refractivity contribution < 1.29 is 23.0 Å². The average molecular weight is 357 g/mol. The lowest BCUT2D eigenvalue weighted by Crippen LogP contribution is -2.22. The Bertz CT molecular complexity index is 696. The highest BCUT2D eigenvalue weighted by molar-refractivity contribution is 6.31. The molecule has 5 nitrogen and oxygen atoms in total. The normalized spacial score (nSPS) is 10.4. The van der Waals surface area contributed by atoms with Gasteiger partial charge in [0.25, 0.3) is 0 Å². The van der Waals surface area contributed by atoms with E-state index in [1.165, 1.54) is 31.4 Å². The first-order valence-electron chi connectivity index (χ1n) is 6.90. The van der Waals surface area contributed by atoms with Gasteiger partial charge in [0, 0.05) is 10.7 Å². The van der Waals surface area contributed by atoms with Crippen LogP contribution in [0.3, 0.4) is 0 Å².